The number of rotatable bonds is 5. The maximum absolute atomic E-state index is 12.3. The van der Waals surface area contributed by atoms with Crippen LogP contribution in [0.3, 0.4) is 0 Å². The molecule has 1 aromatic carbocycles. The lowest BCUT2D eigenvalue weighted by molar-refractivity contribution is -0.142. The molecule has 1 aromatic rings. The maximum atomic E-state index is 12.3. The number of carbonyl (C=O) groups is 2. The standard InChI is InChI=1S/C20H28N2O4/c1-2-20(17-6-4-3-5-14(17)11-12-26-20)13-21-19(25)22-16-9-7-15(8-10-16)18(23)24/h3-6,15-16H,2,7-13H2,1H3,(H,23,24)(H2,21,22,25). The van der Waals surface area contributed by atoms with Gasteiger partial charge in [0.05, 0.1) is 19.1 Å². The second kappa shape index (κ2) is 8.08. The molecule has 1 heterocycles. The summed E-state index contributed by atoms with van der Waals surface area (Å²) in [6, 6.07) is 8.11. The van der Waals surface area contributed by atoms with Gasteiger partial charge in [-0.2, -0.15) is 0 Å². The predicted octanol–water partition coefficient (Wildman–Crippen LogP) is 2.81. The molecule has 1 aliphatic heterocycles. The van der Waals surface area contributed by atoms with E-state index in [1.54, 1.807) is 0 Å². The van der Waals surface area contributed by atoms with Crippen molar-refractivity contribution in [3.8, 4) is 0 Å². The normalized spacial score (nSPS) is 28.0. The van der Waals surface area contributed by atoms with Crippen LogP contribution in [0.25, 0.3) is 0 Å². The number of ether oxygens (including phenoxy) is 1. The Balaban J connectivity index is 1.55. The van der Waals surface area contributed by atoms with Crippen molar-refractivity contribution in [1.29, 1.82) is 0 Å². The highest BCUT2D eigenvalue weighted by Crippen LogP contribution is 2.35. The first kappa shape index (κ1) is 18.7. The first-order valence-corrected chi connectivity index (χ1v) is 9.53. The lowest BCUT2D eigenvalue weighted by Gasteiger charge is -2.39. The van der Waals surface area contributed by atoms with Crippen molar-refractivity contribution in [2.45, 2.75) is 57.1 Å². The van der Waals surface area contributed by atoms with Gasteiger partial charge in [0.2, 0.25) is 0 Å². The molecule has 6 heteroatoms. The number of urea groups is 1. The lowest BCUT2D eigenvalue weighted by Crippen LogP contribution is -2.50. The fourth-order valence-corrected chi connectivity index (χ4v) is 4.12. The molecule has 1 saturated carbocycles. The molecule has 2 amide bonds. The Morgan fingerprint density at radius 2 is 1.96 bits per heavy atom. The van der Waals surface area contributed by atoms with E-state index in [1.807, 2.05) is 12.1 Å². The second-order valence-corrected chi connectivity index (χ2v) is 7.32. The average molecular weight is 360 g/mol. The van der Waals surface area contributed by atoms with Crippen molar-refractivity contribution in [3.05, 3.63) is 35.4 Å². The first-order chi connectivity index (χ1) is 12.5. The molecule has 0 aromatic heterocycles. The number of hydrogen-bond donors (Lipinski definition) is 3. The third kappa shape index (κ3) is 4.01. The minimum Gasteiger partial charge on any atom is -0.481 e. The van der Waals surface area contributed by atoms with Crippen molar-refractivity contribution in [3.63, 3.8) is 0 Å². The highest BCUT2D eigenvalue weighted by atomic mass is 16.5. The third-order valence-corrected chi connectivity index (χ3v) is 5.78. The molecule has 0 saturated heterocycles. The quantitative estimate of drug-likeness (QED) is 0.753. The van der Waals surface area contributed by atoms with Crippen LogP contribution in [0.15, 0.2) is 24.3 Å². The summed E-state index contributed by atoms with van der Waals surface area (Å²) < 4.78 is 6.11. The van der Waals surface area contributed by atoms with Crippen LogP contribution in [0.5, 0.6) is 0 Å². The molecule has 0 radical (unpaired) electrons. The van der Waals surface area contributed by atoms with Gasteiger partial charge >= 0.3 is 12.0 Å². The summed E-state index contributed by atoms with van der Waals surface area (Å²) in [5, 5.41) is 15.0. The van der Waals surface area contributed by atoms with Gasteiger partial charge < -0.3 is 20.5 Å². The van der Waals surface area contributed by atoms with Crippen molar-refractivity contribution in [2.75, 3.05) is 13.2 Å². The van der Waals surface area contributed by atoms with E-state index >= 15 is 0 Å². The summed E-state index contributed by atoms with van der Waals surface area (Å²) in [6.07, 6.45) is 4.35. The number of amides is 2. The van der Waals surface area contributed by atoms with Crippen LogP contribution in [0, 0.1) is 5.92 Å². The van der Waals surface area contributed by atoms with E-state index in [1.165, 1.54) is 5.56 Å². The van der Waals surface area contributed by atoms with Gasteiger partial charge in [-0.1, -0.05) is 31.2 Å². The topological polar surface area (TPSA) is 87.7 Å². The summed E-state index contributed by atoms with van der Waals surface area (Å²) in [7, 11) is 0. The van der Waals surface area contributed by atoms with E-state index in [2.05, 4.69) is 29.7 Å². The fourth-order valence-electron chi connectivity index (χ4n) is 4.12. The number of aliphatic carboxylic acids is 1. The molecule has 142 valence electrons. The zero-order chi connectivity index (χ0) is 18.6. The van der Waals surface area contributed by atoms with Gasteiger partial charge in [-0.25, -0.2) is 4.79 Å². The third-order valence-electron chi connectivity index (χ3n) is 5.78. The first-order valence-electron chi connectivity index (χ1n) is 9.53. The molecule has 1 unspecified atom stereocenters. The Morgan fingerprint density at radius 1 is 1.23 bits per heavy atom. The number of fused-ring (bicyclic) bond motifs is 1. The Hall–Kier alpha value is -2.08. The van der Waals surface area contributed by atoms with Crippen LogP contribution in [-0.4, -0.2) is 36.3 Å². The van der Waals surface area contributed by atoms with Crippen molar-refractivity contribution in [1.82, 2.24) is 10.6 Å². The lowest BCUT2D eigenvalue weighted by atomic mass is 9.84. The maximum Gasteiger partial charge on any atom is 0.315 e. The van der Waals surface area contributed by atoms with E-state index in [9.17, 15) is 9.59 Å². The van der Waals surface area contributed by atoms with Crippen molar-refractivity contribution < 1.29 is 19.4 Å². The van der Waals surface area contributed by atoms with E-state index in [0.29, 0.717) is 38.8 Å². The average Bonchev–Trinajstić information content (AvgIpc) is 2.67. The number of carboxylic acids is 1. The van der Waals surface area contributed by atoms with Crippen molar-refractivity contribution in [2.24, 2.45) is 5.92 Å². The van der Waals surface area contributed by atoms with Crippen LogP contribution < -0.4 is 10.6 Å². The Bertz CT molecular complexity index is 655. The minimum absolute atomic E-state index is 0.0442. The smallest absolute Gasteiger partial charge is 0.315 e. The minimum atomic E-state index is -0.731. The van der Waals surface area contributed by atoms with Crippen LogP contribution >= 0.6 is 0 Å². The van der Waals surface area contributed by atoms with Crippen molar-refractivity contribution >= 4 is 12.0 Å². The van der Waals surface area contributed by atoms with Gasteiger partial charge in [-0.3, -0.25) is 4.79 Å². The molecule has 1 atom stereocenters. The molecule has 0 spiro atoms. The van der Waals surface area contributed by atoms with E-state index in [4.69, 9.17) is 9.84 Å². The molecular formula is C20H28N2O4. The molecule has 1 aliphatic carbocycles. The zero-order valence-electron chi connectivity index (χ0n) is 15.3. The highest BCUT2D eigenvalue weighted by molar-refractivity contribution is 5.74. The van der Waals surface area contributed by atoms with Crippen LogP contribution in [0.4, 0.5) is 4.79 Å². The zero-order valence-corrected chi connectivity index (χ0v) is 15.3. The molecule has 0 bridgehead atoms. The number of benzene rings is 1. The molecule has 26 heavy (non-hydrogen) atoms. The van der Waals surface area contributed by atoms with Crippen LogP contribution in [0.2, 0.25) is 0 Å². The SMILES string of the molecule is CCC1(CNC(=O)NC2CCC(C(=O)O)CC2)OCCc2ccccc21. The monoisotopic (exact) mass is 360 g/mol. The second-order valence-electron chi connectivity index (χ2n) is 7.32. The Labute approximate surface area is 154 Å². The molecular weight excluding hydrogens is 332 g/mol. The van der Waals surface area contributed by atoms with Gasteiger partial charge in [0.25, 0.3) is 0 Å². The Kier molecular flexibility index (Phi) is 5.81. The number of hydrogen-bond acceptors (Lipinski definition) is 3. The van der Waals surface area contributed by atoms with Crippen LogP contribution in [0.1, 0.15) is 50.2 Å². The van der Waals surface area contributed by atoms with Crippen LogP contribution in [-0.2, 0) is 21.6 Å². The fraction of sp³-hybridized carbons (Fsp3) is 0.600. The predicted molar refractivity (Wildman–Crippen MR) is 98.0 cm³/mol. The van der Waals surface area contributed by atoms with E-state index in [-0.39, 0.29) is 18.0 Å². The van der Waals surface area contributed by atoms with Gasteiger partial charge in [-0.05, 0) is 49.7 Å². The molecule has 3 N–H and O–H groups in total. The van der Waals surface area contributed by atoms with Gasteiger partial charge in [0.15, 0.2) is 0 Å². The molecule has 2 aliphatic rings. The number of carboxylic acid groups (broad SMARTS) is 1. The summed E-state index contributed by atoms with van der Waals surface area (Å²) in [5.41, 5.74) is 1.97. The molecule has 3 rings (SSSR count). The summed E-state index contributed by atoms with van der Waals surface area (Å²) in [4.78, 5) is 23.4. The summed E-state index contributed by atoms with van der Waals surface area (Å²) >= 11 is 0. The largest absolute Gasteiger partial charge is 0.481 e. The van der Waals surface area contributed by atoms with Gasteiger partial charge in [0, 0.05) is 6.04 Å². The van der Waals surface area contributed by atoms with Gasteiger partial charge in [0.1, 0.15) is 5.60 Å². The summed E-state index contributed by atoms with van der Waals surface area (Å²) in [5.74, 6) is -1.00. The molecule has 6 nitrogen and oxygen atoms in total. The Morgan fingerprint density at radius 3 is 2.65 bits per heavy atom. The van der Waals surface area contributed by atoms with E-state index < -0.39 is 11.6 Å². The number of carbonyl (C=O) groups excluding carboxylic acids is 1. The summed E-state index contributed by atoms with van der Waals surface area (Å²) in [6.45, 7) is 3.17. The van der Waals surface area contributed by atoms with E-state index in [0.717, 1.165) is 18.4 Å². The van der Waals surface area contributed by atoms with Gasteiger partial charge in [-0.15, -0.1) is 0 Å². The number of nitrogens with one attached hydrogen (secondary N) is 2. The highest BCUT2D eigenvalue weighted by Gasteiger charge is 2.36. The molecule has 1 fully saturated rings.